The first-order chi connectivity index (χ1) is 16.8. The van der Waals surface area contributed by atoms with Crippen LogP contribution in [-0.4, -0.2) is 70.8 Å². The molecule has 0 saturated carbocycles. The standard InChI is InChI=1S/C27H34FN5O2.2ClH/c1-18-8-7-11-24(19(18)2)32-14-12-31(13-15-32)17-22(34)16-29-27(35)26-20(3)33(21(4)30-26)25-10-6-5-9-23(25)28;;/h5-11,22,34H,12-17H2,1-4H3,(H,29,35);2*1H/t22-;;/m1../s1. The van der Waals surface area contributed by atoms with Crippen LogP contribution in [0.1, 0.15) is 33.1 Å². The third-order valence-corrected chi connectivity index (χ3v) is 6.84. The van der Waals surface area contributed by atoms with E-state index in [0.717, 1.165) is 26.2 Å². The number of nitrogens with zero attached hydrogens (tertiary/aromatic N) is 4. The predicted molar refractivity (Wildman–Crippen MR) is 150 cm³/mol. The maximum absolute atomic E-state index is 14.3. The number of aryl methyl sites for hydroxylation is 2. The molecule has 37 heavy (non-hydrogen) atoms. The van der Waals surface area contributed by atoms with Crippen LogP contribution in [0.5, 0.6) is 0 Å². The fraction of sp³-hybridized carbons (Fsp3) is 0.407. The molecule has 0 unspecified atom stereocenters. The summed E-state index contributed by atoms with van der Waals surface area (Å²) in [5.74, 6) is -0.226. The Morgan fingerprint density at radius 2 is 1.65 bits per heavy atom. The van der Waals surface area contributed by atoms with E-state index in [9.17, 15) is 14.3 Å². The molecular formula is C27H36Cl2FN5O2. The van der Waals surface area contributed by atoms with Crippen molar-refractivity contribution in [1.29, 1.82) is 0 Å². The lowest BCUT2D eigenvalue weighted by molar-refractivity contribution is 0.0847. The van der Waals surface area contributed by atoms with E-state index < -0.39 is 6.10 Å². The number of rotatable bonds is 7. The van der Waals surface area contributed by atoms with E-state index in [1.807, 2.05) is 0 Å². The van der Waals surface area contributed by atoms with Gasteiger partial charge in [-0.05, 0) is 57.0 Å². The maximum Gasteiger partial charge on any atom is 0.271 e. The number of para-hydroxylation sites is 1. The highest BCUT2D eigenvalue weighted by Crippen LogP contribution is 2.24. The molecule has 7 nitrogen and oxygen atoms in total. The van der Waals surface area contributed by atoms with E-state index in [1.54, 1.807) is 36.6 Å². The average Bonchev–Trinajstić information content (AvgIpc) is 3.14. The highest BCUT2D eigenvalue weighted by atomic mass is 35.5. The number of imidazole rings is 1. The van der Waals surface area contributed by atoms with Gasteiger partial charge in [-0.2, -0.15) is 0 Å². The highest BCUT2D eigenvalue weighted by Gasteiger charge is 2.23. The van der Waals surface area contributed by atoms with Gasteiger partial charge < -0.3 is 15.3 Å². The monoisotopic (exact) mass is 551 g/mol. The molecule has 2 N–H and O–H groups in total. The van der Waals surface area contributed by atoms with Crippen molar-refractivity contribution in [1.82, 2.24) is 19.8 Å². The summed E-state index contributed by atoms with van der Waals surface area (Å²) in [7, 11) is 0. The first kappa shape index (κ1) is 30.6. The van der Waals surface area contributed by atoms with Crippen molar-refractivity contribution in [2.75, 3.05) is 44.2 Å². The van der Waals surface area contributed by atoms with Crippen molar-refractivity contribution in [2.24, 2.45) is 0 Å². The Bertz CT molecular complexity index is 1210. The zero-order chi connectivity index (χ0) is 25.1. The van der Waals surface area contributed by atoms with Gasteiger partial charge in [-0.15, -0.1) is 24.8 Å². The van der Waals surface area contributed by atoms with Crippen molar-refractivity contribution < 1.29 is 14.3 Å². The van der Waals surface area contributed by atoms with Gasteiger partial charge in [-0.3, -0.25) is 14.3 Å². The summed E-state index contributed by atoms with van der Waals surface area (Å²) in [6, 6.07) is 12.8. The van der Waals surface area contributed by atoms with Crippen molar-refractivity contribution in [2.45, 2.75) is 33.8 Å². The van der Waals surface area contributed by atoms with Crippen molar-refractivity contribution in [3.63, 3.8) is 0 Å². The number of β-amino-alcohol motifs (C(OH)–C–C–N with tert-alkyl or cyclic N) is 1. The topological polar surface area (TPSA) is 73.6 Å². The number of carbonyl (C=O) groups is 1. The lowest BCUT2D eigenvalue weighted by Gasteiger charge is -2.37. The van der Waals surface area contributed by atoms with Crippen LogP contribution in [0.3, 0.4) is 0 Å². The lowest BCUT2D eigenvalue weighted by Crippen LogP contribution is -2.50. The van der Waals surface area contributed by atoms with Crippen LogP contribution in [0.4, 0.5) is 10.1 Å². The quantitative estimate of drug-likeness (QED) is 0.464. The van der Waals surface area contributed by atoms with Gasteiger partial charge in [0.05, 0.1) is 17.5 Å². The van der Waals surface area contributed by atoms with Gasteiger partial charge in [0.25, 0.3) is 5.91 Å². The SMILES string of the molecule is Cc1cccc(N2CCN(C[C@H](O)CNC(=O)c3nc(C)n(-c4ccccc4F)c3C)CC2)c1C.Cl.Cl. The number of halogens is 3. The molecule has 2 aromatic carbocycles. The number of aliphatic hydroxyl groups excluding tert-OH is 1. The second kappa shape index (κ2) is 13.2. The van der Waals surface area contributed by atoms with Crippen LogP contribution in [0.15, 0.2) is 42.5 Å². The molecule has 3 aromatic rings. The molecule has 1 aromatic heterocycles. The van der Waals surface area contributed by atoms with Crippen LogP contribution >= 0.6 is 24.8 Å². The van der Waals surface area contributed by atoms with Gasteiger partial charge in [0, 0.05) is 45.0 Å². The second-order valence-electron chi connectivity index (χ2n) is 9.25. The number of benzene rings is 2. The minimum Gasteiger partial charge on any atom is -0.390 e. The van der Waals surface area contributed by atoms with Gasteiger partial charge in [0.2, 0.25) is 0 Å². The third-order valence-electron chi connectivity index (χ3n) is 6.84. The molecule has 4 rings (SSSR count). The number of anilines is 1. The van der Waals surface area contributed by atoms with Crippen molar-refractivity contribution in [3.05, 3.63) is 76.6 Å². The van der Waals surface area contributed by atoms with E-state index in [1.165, 1.54) is 22.9 Å². The molecule has 0 bridgehead atoms. The summed E-state index contributed by atoms with van der Waals surface area (Å²) in [5, 5.41) is 13.3. The average molecular weight is 553 g/mol. The number of hydrogen-bond donors (Lipinski definition) is 2. The molecule has 2 heterocycles. The van der Waals surface area contributed by atoms with Crippen molar-refractivity contribution >= 4 is 36.4 Å². The fourth-order valence-electron chi connectivity index (χ4n) is 4.75. The summed E-state index contributed by atoms with van der Waals surface area (Å²) in [4.78, 5) is 21.8. The van der Waals surface area contributed by atoms with E-state index in [4.69, 9.17) is 0 Å². The number of amides is 1. The molecule has 0 radical (unpaired) electrons. The Kier molecular flexibility index (Phi) is 10.9. The Morgan fingerprint density at radius 1 is 1.00 bits per heavy atom. The molecule has 1 atom stereocenters. The molecule has 1 amide bonds. The first-order valence-electron chi connectivity index (χ1n) is 12.1. The Labute approximate surface area is 230 Å². The number of aromatic nitrogens is 2. The number of aliphatic hydroxyl groups is 1. The normalized spacial score (nSPS) is 14.5. The zero-order valence-corrected chi connectivity index (χ0v) is 23.3. The Morgan fingerprint density at radius 3 is 2.32 bits per heavy atom. The van der Waals surface area contributed by atoms with Crippen LogP contribution in [-0.2, 0) is 0 Å². The summed E-state index contributed by atoms with van der Waals surface area (Å²) < 4.78 is 15.9. The van der Waals surface area contributed by atoms with Crippen molar-refractivity contribution in [3.8, 4) is 5.69 Å². The summed E-state index contributed by atoms with van der Waals surface area (Å²) in [6.45, 7) is 11.9. The predicted octanol–water partition coefficient (Wildman–Crippen LogP) is 4.00. The molecule has 0 aliphatic carbocycles. The van der Waals surface area contributed by atoms with Gasteiger partial charge in [-0.25, -0.2) is 9.37 Å². The summed E-state index contributed by atoms with van der Waals surface area (Å²) in [5.41, 5.74) is 5.03. The second-order valence-corrected chi connectivity index (χ2v) is 9.25. The first-order valence-corrected chi connectivity index (χ1v) is 12.1. The van der Waals surface area contributed by atoms with Gasteiger partial charge in [0.1, 0.15) is 17.3 Å². The molecule has 1 fully saturated rings. The number of piperazine rings is 1. The van der Waals surface area contributed by atoms with E-state index in [2.05, 4.69) is 52.1 Å². The van der Waals surface area contributed by atoms with Crippen LogP contribution in [0.25, 0.3) is 5.69 Å². The Balaban J connectivity index is 0.00000241. The van der Waals surface area contributed by atoms with Gasteiger partial charge >= 0.3 is 0 Å². The van der Waals surface area contributed by atoms with E-state index >= 15 is 0 Å². The van der Waals surface area contributed by atoms with Gasteiger partial charge in [-0.1, -0.05) is 24.3 Å². The molecule has 1 aliphatic heterocycles. The number of hydrogen-bond acceptors (Lipinski definition) is 5. The highest BCUT2D eigenvalue weighted by molar-refractivity contribution is 5.93. The molecule has 10 heteroatoms. The number of carbonyl (C=O) groups excluding carboxylic acids is 1. The molecule has 1 saturated heterocycles. The number of nitrogens with one attached hydrogen (secondary N) is 1. The van der Waals surface area contributed by atoms with Crippen LogP contribution in [0.2, 0.25) is 0 Å². The summed E-state index contributed by atoms with van der Waals surface area (Å²) in [6.07, 6.45) is -0.693. The molecule has 1 aliphatic rings. The molecular weight excluding hydrogens is 516 g/mol. The lowest BCUT2D eigenvalue weighted by atomic mass is 10.1. The largest absolute Gasteiger partial charge is 0.390 e. The minimum absolute atomic E-state index is 0. The van der Waals surface area contributed by atoms with Crippen LogP contribution < -0.4 is 10.2 Å². The molecule has 0 spiro atoms. The summed E-state index contributed by atoms with van der Waals surface area (Å²) >= 11 is 0. The minimum atomic E-state index is -0.693. The van der Waals surface area contributed by atoms with Crippen LogP contribution in [0, 0.1) is 33.5 Å². The maximum atomic E-state index is 14.3. The zero-order valence-electron chi connectivity index (χ0n) is 21.7. The third kappa shape index (κ3) is 6.82. The van der Waals surface area contributed by atoms with E-state index in [0.29, 0.717) is 23.8 Å². The fourth-order valence-corrected chi connectivity index (χ4v) is 4.75. The van der Waals surface area contributed by atoms with Gasteiger partial charge in [0.15, 0.2) is 0 Å². The van der Waals surface area contributed by atoms with E-state index in [-0.39, 0.29) is 48.8 Å². The smallest absolute Gasteiger partial charge is 0.271 e. The molecule has 202 valence electrons. The Hall–Kier alpha value is -2.65.